The number of carboxylic acid groups (broad SMARTS) is 1. The van der Waals surface area contributed by atoms with E-state index in [9.17, 15) is 18.3 Å². The summed E-state index contributed by atoms with van der Waals surface area (Å²) in [6, 6.07) is 18.7. The molecule has 0 saturated carbocycles. The lowest BCUT2D eigenvalue weighted by molar-refractivity contribution is -0.136. The lowest BCUT2D eigenvalue weighted by Gasteiger charge is -2.10. The number of carboxylic acids is 1. The van der Waals surface area contributed by atoms with E-state index in [2.05, 4.69) is 9.97 Å². The first-order valence-corrected chi connectivity index (χ1v) is 12.6. The smallest absolute Gasteiger partial charge is 0.303 e. The van der Waals surface area contributed by atoms with Gasteiger partial charge in [-0.25, -0.2) is 12.4 Å². The van der Waals surface area contributed by atoms with E-state index in [1.165, 1.54) is 22.3 Å². The van der Waals surface area contributed by atoms with Crippen LogP contribution in [-0.2, 0) is 21.2 Å². The number of pyridine rings is 2. The van der Waals surface area contributed by atoms with Crippen LogP contribution in [0.3, 0.4) is 0 Å². The highest BCUT2D eigenvalue weighted by Crippen LogP contribution is 2.32. The topological polar surface area (TPSA) is 111 Å². The fraction of sp³-hybridized carbons (Fsp3) is 0.0741. The quantitative estimate of drug-likeness (QED) is 0.314. The molecule has 1 N–H and O–H groups in total. The van der Waals surface area contributed by atoms with Gasteiger partial charge in [-0.1, -0.05) is 12.1 Å². The maximum absolute atomic E-state index is 13.6. The van der Waals surface area contributed by atoms with Crippen LogP contribution in [0.1, 0.15) is 12.0 Å². The van der Waals surface area contributed by atoms with Gasteiger partial charge in [-0.2, -0.15) is 0 Å². The molecule has 5 rings (SSSR count). The Kier molecular flexibility index (Phi) is 6.22. The summed E-state index contributed by atoms with van der Waals surface area (Å²) in [5.74, 6) is 0.122. The van der Waals surface area contributed by atoms with Gasteiger partial charge >= 0.3 is 5.97 Å². The standard InChI is InChI=1S/C27H21N3O5S/c31-27(32)10-4-21-18-30(26-9-3-19(16-25(21)26)20-2-1-13-29-17-20)36(33,34)24-7-5-22(6-8-24)35-23-11-14-28-15-12-23/h1-3,5-9,11-18H,4,10H2,(H,31,32). The molecule has 2 aromatic carbocycles. The third-order valence-corrected chi connectivity index (χ3v) is 7.41. The second kappa shape index (κ2) is 9.63. The van der Waals surface area contributed by atoms with E-state index in [-0.39, 0.29) is 17.7 Å². The summed E-state index contributed by atoms with van der Waals surface area (Å²) >= 11 is 0. The van der Waals surface area contributed by atoms with E-state index in [1.807, 2.05) is 24.3 Å². The molecule has 0 spiro atoms. The highest BCUT2D eigenvalue weighted by atomic mass is 32.2. The van der Waals surface area contributed by atoms with Crippen LogP contribution in [0.2, 0.25) is 0 Å². The summed E-state index contributed by atoms with van der Waals surface area (Å²) in [6.45, 7) is 0. The minimum atomic E-state index is -3.96. The zero-order chi connectivity index (χ0) is 25.1. The fourth-order valence-corrected chi connectivity index (χ4v) is 5.35. The Morgan fingerprint density at radius 2 is 1.64 bits per heavy atom. The average molecular weight is 500 g/mol. The zero-order valence-electron chi connectivity index (χ0n) is 19.0. The highest BCUT2D eigenvalue weighted by molar-refractivity contribution is 7.90. The first-order valence-electron chi connectivity index (χ1n) is 11.1. The molecule has 8 nitrogen and oxygen atoms in total. The molecule has 0 atom stereocenters. The van der Waals surface area contributed by atoms with Crippen molar-refractivity contribution in [3.63, 3.8) is 0 Å². The number of carbonyl (C=O) groups is 1. The highest BCUT2D eigenvalue weighted by Gasteiger charge is 2.22. The van der Waals surface area contributed by atoms with Crippen molar-refractivity contribution < 1.29 is 23.1 Å². The van der Waals surface area contributed by atoms with E-state index in [0.717, 1.165) is 11.1 Å². The Morgan fingerprint density at radius 3 is 2.33 bits per heavy atom. The van der Waals surface area contributed by atoms with E-state index in [4.69, 9.17) is 4.74 Å². The molecule has 0 amide bonds. The van der Waals surface area contributed by atoms with Crippen molar-refractivity contribution in [1.82, 2.24) is 13.9 Å². The molecule has 0 saturated heterocycles. The van der Waals surface area contributed by atoms with Gasteiger partial charge in [0.1, 0.15) is 11.5 Å². The summed E-state index contributed by atoms with van der Waals surface area (Å²) < 4.78 is 34.2. The van der Waals surface area contributed by atoms with Gasteiger partial charge in [0.05, 0.1) is 10.4 Å². The van der Waals surface area contributed by atoms with Crippen molar-refractivity contribution in [2.45, 2.75) is 17.7 Å². The van der Waals surface area contributed by atoms with Crippen LogP contribution in [0.5, 0.6) is 11.5 Å². The third kappa shape index (κ3) is 4.69. The van der Waals surface area contributed by atoms with Crippen molar-refractivity contribution in [3.05, 3.63) is 103 Å². The molecule has 0 aliphatic carbocycles. The van der Waals surface area contributed by atoms with Gasteiger partial charge < -0.3 is 9.84 Å². The average Bonchev–Trinajstić information content (AvgIpc) is 3.28. The number of ether oxygens (including phenoxy) is 1. The van der Waals surface area contributed by atoms with Crippen molar-refractivity contribution in [2.24, 2.45) is 0 Å². The molecule has 0 aliphatic heterocycles. The van der Waals surface area contributed by atoms with E-state index < -0.39 is 16.0 Å². The van der Waals surface area contributed by atoms with Crippen molar-refractivity contribution >= 4 is 26.9 Å². The van der Waals surface area contributed by atoms with Gasteiger partial charge in [0.25, 0.3) is 10.0 Å². The molecular formula is C27H21N3O5S. The first kappa shape index (κ1) is 23.3. The summed E-state index contributed by atoms with van der Waals surface area (Å²) in [5, 5.41) is 9.89. The van der Waals surface area contributed by atoms with E-state index in [1.54, 1.807) is 55.1 Å². The number of fused-ring (bicyclic) bond motifs is 1. The van der Waals surface area contributed by atoms with Crippen molar-refractivity contribution in [2.75, 3.05) is 0 Å². The monoisotopic (exact) mass is 499 g/mol. The number of benzene rings is 2. The number of nitrogens with zero attached hydrogens (tertiary/aromatic N) is 3. The number of hydrogen-bond acceptors (Lipinski definition) is 6. The molecule has 9 heteroatoms. The second-order valence-electron chi connectivity index (χ2n) is 8.08. The summed E-state index contributed by atoms with van der Waals surface area (Å²) in [6.07, 6.45) is 8.20. The van der Waals surface area contributed by atoms with Gasteiger partial charge in [-0.05, 0) is 72.1 Å². The van der Waals surface area contributed by atoms with E-state index >= 15 is 0 Å². The first-order chi connectivity index (χ1) is 17.4. The van der Waals surface area contributed by atoms with Crippen LogP contribution in [0.25, 0.3) is 22.0 Å². The molecule has 0 aliphatic rings. The molecule has 0 radical (unpaired) electrons. The lowest BCUT2D eigenvalue weighted by atomic mass is 10.0. The molecular weight excluding hydrogens is 478 g/mol. The Balaban J connectivity index is 1.54. The maximum Gasteiger partial charge on any atom is 0.303 e. The van der Waals surface area contributed by atoms with Gasteiger partial charge in [-0.15, -0.1) is 0 Å². The molecule has 3 aromatic heterocycles. The SMILES string of the molecule is O=C(O)CCc1cn(S(=O)(=O)c2ccc(Oc3ccncc3)cc2)c2ccc(-c3cccnc3)cc12. The largest absolute Gasteiger partial charge is 0.481 e. The second-order valence-corrected chi connectivity index (χ2v) is 9.89. The number of hydrogen-bond donors (Lipinski definition) is 1. The minimum Gasteiger partial charge on any atom is -0.481 e. The number of rotatable bonds is 8. The predicted molar refractivity (Wildman–Crippen MR) is 134 cm³/mol. The Hall–Kier alpha value is -4.50. The van der Waals surface area contributed by atoms with Crippen LogP contribution in [0.4, 0.5) is 0 Å². The van der Waals surface area contributed by atoms with Gasteiger partial charge in [0, 0.05) is 48.4 Å². The van der Waals surface area contributed by atoms with E-state index in [0.29, 0.717) is 28.0 Å². The molecule has 3 heterocycles. The molecule has 36 heavy (non-hydrogen) atoms. The third-order valence-electron chi connectivity index (χ3n) is 5.72. The minimum absolute atomic E-state index is 0.0857. The maximum atomic E-state index is 13.6. The molecule has 5 aromatic rings. The summed E-state index contributed by atoms with van der Waals surface area (Å²) in [4.78, 5) is 19.4. The Bertz CT molecular complexity index is 1630. The normalized spacial score (nSPS) is 11.4. The molecule has 0 unspecified atom stereocenters. The van der Waals surface area contributed by atoms with Gasteiger partial charge in [0.15, 0.2) is 0 Å². The molecule has 0 bridgehead atoms. The summed E-state index contributed by atoms with van der Waals surface area (Å²) in [7, 11) is -3.96. The van der Waals surface area contributed by atoms with Gasteiger partial charge in [-0.3, -0.25) is 14.8 Å². The zero-order valence-corrected chi connectivity index (χ0v) is 19.8. The van der Waals surface area contributed by atoms with Gasteiger partial charge in [0.2, 0.25) is 0 Å². The van der Waals surface area contributed by atoms with Crippen LogP contribution in [-0.4, -0.2) is 33.4 Å². The van der Waals surface area contributed by atoms with Crippen LogP contribution < -0.4 is 4.74 Å². The number of aliphatic carboxylic acids is 1. The lowest BCUT2D eigenvalue weighted by Crippen LogP contribution is -2.11. The molecule has 180 valence electrons. The Morgan fingerprint density at radius 1 is 0.889 bits per heavy atom. The van der Waals surface area contributed by atoms with Crippen LogP contribution in [0, 0.1) is 0 Å². The summed E-state index contributed by atoms with van der Waals surface area (Å²) in [5.41, 5.74) is 2.85. The number of aryl methyl sites for hydroxylation is 1. The number of aromatic nitrogens is 3. The van der Waals surface area contributed by atoms with Crippen LogP contribution in [0.15, 0.2) is 103 Å². The fourth-order valence-electron chi connectivity index (χ4n) is 3.95. The van der Waals surface area contributed by atoms with Crippen molar-refractivity contribution in [3.8, 4) is 22.6 Å². The van der Waals surface area contributed by atoms with Crippen LogP contribution >= 0.6 is 0 Å². The Labute approximate surface area is 207 Å². The molecule has 0 fully saturated rings. The van der Waals surface area contributed by atoms with Crippen molar-refractivity contribution in [1.29, 1.82) is 0 Å². The predicted octanol–water partition coefficient (Wildman–Crippen LogP) is 5.14.